The van der Waals surface area contributed by atoms with Gasteiger partial charge in [0.25, 0.3) is 0 Å². The van der Waals surface area contributed by atoms with Gasteiger partial charge in [0, 0.05) is 26.2 Å². The minimum Gasteiger partial charge on any atom is -0.378 e. The van der Waals surface area contributed by atoms with E-state index in [0.717, 1.165) is 58.2 Å². The van der Waals surface area contributed by atoms with Gasteiger partial charge in [-0.25, -0.2) is 4.79 Å². The van der Waals surface area contributed by atoms with Crippen LogP contribution in [-0.2, 0) is 9.47 Å². The lowest BCUT2D eigenvalue weighted by Gasteiger charge is -2.23. The summed E-state index contributed by atoms with van der Waals surface area (Å²) in [6.07, 6.45) is 6.65. The molecule has 5 heteroatoms. The molecule has 0 aromatic carbocycles. The van der Waals surface area contributed by atoms with E-state index in [1.807, 2.05) is 4.90 Å². The largest absolute Gasteiger partial charge is 0.378 e. The molecule has 2 fully saturated rings. The Labute approximate surface area is 134 Å². The Morgan fingerprint density at radius 3 is 2.82 bits per heavy atom. The van der Waals surface area contributed by atoms with E-state index in [9.17, 15) is 4.79 Å². The maximum absolute atomic E-state index is 12.3. The van der Waals surface area contributed by atoms with Crippen LogP contribution in [0.25, 0.3) is 0 Å². The summed E-state index contributed by atoms with van der Waals surface area (Å²) in [6, 6.07) is 0.0458. The lowest BCUT2D eigenvalue weighted by molar-refractivity contribution is -0.0135. The summed E-state index contributed by atoms with van der Waals surface area (Å²) in [5, 5.41) is 3.04. The molecule has 0 spiro atoms. The summed E-state index contributed by atoms with van der Waals surface area (Å²) in [5.74, 6) is 0. The smallest absolute Gasteiger partial charge is 0.317 e. The van der Waals surface area contributed by atoms with Gasteiger partial charge in [0.15, 0.2) is 0 Å². The number of rotatable bonds is 5. The van der Waals surface area contributed by atoms with Gasteiger partial charge in [0.2, 0.25) is 0 Å². The first kappa shape index (κ1) is 17.5. The molecule has 0 saturated carbocycles. The Bertz CT molecular complexity index is 360. The molecule has 5 nitrogen and oxygen atoms in total. The Balaban J connectivity index is 1.69. The Morgan fingerprint density at radius 2 is 2.14 bits per heavy atom. The van der Waals surface area contributed by atoms with E-state index in [2.05, 4.69) is 26.1 Å². The fraction of sp³-hybridized carbons (Fsp3) is 0.941. The van der Waals surface area contributed by atoms with Crippen molar-refractivity contribution >= 4 is 6.03 Å². The van der Waals surface area contributed by atoms with E-state index in [0.29, 0.717) is 12.6 Å². The van der Waals surface area contributed by atoms with Crippen LogP contribution in [0.3, 0.4) is 0 Å². The van der Waals surface area contributed by atoms with Crippen LogP contribution in [-0.4, -0.2) is 55.0 Å². The van der Waals surface area contributed by atoms with Crippen LogP contribution in [0.1, 0.15) is 59.3 Å². The minimum absolute atomic E-state index is 0.0398. The van der Waals surface area contributed by atoms with E-state index in [1.165, 1.54) is 0 Å². The van der Waals surface area contributed by atoms with Crippen LogP contribution in [0.5, 0.6) is 0 Å². The first-order chi connectivity index (χ1) is 10.5. The third-order valence-corrected chi connectivity index (χ3v) is 4.56. The van der Waals surface area contributed by atoms with Gasteiger partial charge in [0.1, 0.15) is 0 Å². The van der Waals surface area contributed by atoms with E-state index in [1.54, 1.807) is 0 Å². The summed E-state index contributed by atoms with van der Waals surface area (Å²) in [4.78, 5) is 14.2. The van der Waals surface area contributed by atoms with Crippen molar-refractivity contribution in [3.63, 3.8) is 0 Å². The third-order valence-electron chi connectivity index (χ3n) is 4.56. The zero-order valence-corrected chi connectivity index (χ0v) is 14.4. The van der Waals surface area contributed by atoms with Crippen LogP contribution < -0.4 is 5.32 Å². The second kappa shape index (κ2) is 8.16. The second-order valence-electron chi connectivity index (χ2n) is 7.14. The highest BCUT2D eigenvalue weighted by molar-refractivity contribution is 5.74. The molecule has 1 N–H and O–H groups in total. The van der Waals surface area contributed by atoms with Crippen molar-refractivity contribution in [2.45, 2.75) is 77.1 Å². The van der Waals surface area contributed by atoms with Crippen molar-refractivity contribution in [2.75, 3.05) is 26.2 Å². The predicted octanol–water partition coefficient (Wildman–Crippen LogP) is 2.93. The number of likely N-dealkylation sites (tertiary alicyclic amines) is 1. The van der Waals surface area contributed by atoms with E-state index >= 15 is 0 Å². The van der Waals surface area contributed by atoms with Gasteiger partial charge in [-0.05, 0) is 52.4 Å². The van der Waals surface area contributed by atoms with Gasteiger partial charge in [-0.1, -0.05) is 6.92 Å². The number of carbonyl (C=O) groups excluding carboxylic acids is 1. The van der Waals surface area contributed by atoms with Crippen LogP contribution in [0, 0.1) is 0 Å². The summed E-state index contributed by atoms with van der Waals surface area (Å²) < 4.78 is 11.7. The number of hydrogen-bond acceptors (Lipinski definition) is 3. The topological polar surface area (TPSA) is 50.8 Å². The van der Waals surface area contributed by atoms with Gasteiger partial charge in [0.05, 0.1) is 17.8 Å². The van der Waals surface area contributed by atoms with E-state index in [-0.39, 0.29) is 17.7 Å². The summed E-state index contributed by atoms with van der Waals surface area (Å²) in [7, 11) is 0. The molecule has 2 amide bonds. The highest BCUT2D eigenvalue weighted by Gasteiger charge is 2.32. The molecule has 2 rings (SSSR count). The van der Waals surface area contributed by atoms with Crippen LogP contribution >= 0.6 is 0 Å². The fourth-order valence-electron chi connectivity index (χ4n) is 3.25. The zero-order valence-electron chi connectivity index (χ0n) is 14.4. The number of ether oxygens (including phenoxy) is 2. The molecular weight excluding hydrogens is 280 g/mol. The predicted molar refractivity (Wildman–Crippen MR) is 87.0 cm³/mol. The van der Waals surface area contributed by atoms with E-state index < -0.39 is 0 Å². The zero-order chi connectivity index (χ0) is 16.0. The van der Waals surface area contributed by atoms with Crippen molar-refractivity contribution in [1.29, 1.82) is 0 Å². The molecular formula is C17H32N2O3. The first-order valence-corrected chi connectivity index (χ1v) is 8.82. The molecule has 0 unspecified atom stereocenters. The lowest BCUT2D eigenvalue weighted by atomic mass is 10.1. The Kier molecular flexibility index (Phi) is 6.50. The van der Waals surface area contributed by atoms with Crippen molar-refractivity contribution in [2.24, 2.45) is 0 Å². The molecule has 2 heterocycles. The molecule has 0 aliphatic carbocycles. The molecule has 0 aromatic heterocycles. The number of nitrogens with one attached hydrogen (secondary N) is 1. The third kappa shape index (κ3) is 5.43. The molecule has 2 saturated heterocycles. The van der Waals surface area contributed by atoms with Gasteiger partial charge in [-0.2, -0.15) is 0 Å². The van der Waals surface area contributed by atoms with Crippen molar-refractivity contribution in [3.05, 3.63) is 0 Å². The molecule has 22 heavy (non-hydrogen) atoms. The maximum atomic E-state index is 12.3. The average molecular weight is 312 g/mol. The fourth-order valence-corrected chi connectivity index (χ4v) is 3.25. The first-order valence-electron chi connectivity index (χ1n) is 8.82. The number of urea groups is 1. The number of carbonyl (C=O) groups is 1. The average Bonchev–Trinajstić information content (AvgIpc) is 2.70. The van der Waals surface area contributed by atoms with Crippen molar-refractivity contribution in [3.8, 4) is 0 Å². The normalized spacial score (nSPS) is 28.4. The lowest BCUT2D eigenvalue weighted by Crippen LogP contribution is -2.43. The quantitative estimate of drug-likeness (QED) is 0.849. The number of nitrogens with zero attached hydrogens (tertiary/aromatic N) is 1. The highest BCUT2D eigenvalue weighted by atomic mass is 16.5. The van der Waals surface area contributed by atoms with Crippen molar-refractivity contribution in [1.82, 2.24) is 10.2 Å². The van der Waals surface area contributed by atoms with Gasteiger partial charge >= 0.3 is 6.03 Å². The van der Waals surface area contributed by atoms with Gasteiger partial charge < -0.3 is 19.7 Å². The van der Waals surface area contributed by atoms with Gasteiger partial charge in [-0.3, -0.25) is 0 Å². The van der Waals surface area contributed by atoms with Crippen LogP contribution in [0.2, 0.25) is 0 Å². The molecule has 2 aliphatic heterocycles. The SMILES string of the molecule is CCCO[C@H]1CCCN(C(=O)NC[C@@H]2CCC(C)(C)O2)CC1. The summed E-state index contributed by atoms with van der Waals surface area (Å²) >= 11 is 0. The molecule has 0 aromatic rings. The molecule has 2 aliphatic rings. The van der Waals surface area contributed by atoms with Crippen molar-refractivity contribution < 1.29 is 14.3 Å². The molecule has 2 atom stereocenters. The highest BCUT2D eigenvalue weighted by Crippen LogP contribution is 2.28. The Morgan fingerprint density at radius 1 is 1.32 bits per heavy atom. The molecule has 0 bridgehead atoms. The molecule has 128 valence electrons. The Hall–Kier alpha value is -0.810. The van der Waals surface area contributed by atoms with Crippen LogP contribution in [0.4, 0.5) is 4.79 Å². The molecule has 0 radical (unpaired) electrons. The monoisotopic (exact) mass is 312 g/mol. The van der Waals surface area contributed by atoms with E-state index in [4.69, 9.17) is 9.47 Å². The number of amides is 2. The van der Waals surface area contributed by atoms with Gasteiger partial charge in [-0.15, -0.1) is 0 Å². The minimum atomic E-state index is -0.0398. The second-order valence-corrected chi connectivity index (χ2v) is 7.14. The summed E-state index contributed by atoms with van der Waals surface area (Å²) in [6.45, 7) is 9.41. The summed E-state index contributed by atoms with van der Waals surface area (Å²) in [5.41, 5.74) is -0.0398. The van der Waals surface area contributed by atoms with Crippen LogP contribution in [0.15, 0.2) is 0 Å². The number of hydrogen-bond donors (Lipinski definition) is 1. The standard InChI is InChI=1S/C17H32N2O3/c1-4-12-21-14-6-5-10-19(11-8-14)16(20)18-13-15-7-9-17(2,3)22-15/h14-15H,4-13H2,1-3H3,(H,18,20)/t14-,15-/m0/s1. The maximum Gasteiger partial charge on any atom is 0.317 e.